The van der Waals surface area contributed by atoms with Gasteiger partial charge in [0.25, 0.3) is 0 Å². The van der Waals surface area contributed by atoms with Gasteiger partial charge in [0.05, 0.1) is 15.6 Å². The summed E-state index contributed by atoms with van der Waals surface area (Å²) in [4.78, 5) is 12.4. The molecule has 1 aromatic rings. The Morgan fingerprint density at radius 2 is 2.16 bits per heavy atom. The van der Waals surface area contributed by atoms with Gasteiger partial charge in [0.2, 0.25) is 0 Å². The van der Waals surface area contributed by atoms with Crippen LogP contribution in [-0.4, -0.2) is 12.3 Å². The fourth-order valence-electron chi connectivity index (χ4n) is 2.88. The second kappa shape index (κ2) is 4.51. The van der Waals surface area contributed by atoms with Gasteiger partial charge in [-0.15, -0.1) is 11.3 Å². The lowest BCUT2D eigenvalue weighted by atomic mass is 9.70. The summed E-state index contributed by atoms with van der Waals surface area (Å²) in [5.74, 6) is 0.674. The molecule has 0 atom stereocenters. The quantitative estimate of drug-likeness (QED) is 0.800. The van der Waals surface area contributed by atoms with E-state index in [4.69, 9.17) is 5.73 Å². The molecule has 2 aliphatic carbocycles. The number of hydrogen-bond donors (Lipinski definition) is 2. The first kappa shape index (κ1) is 13.0. The van der Waals surface area contributed by atoms with E-state index in [2.05, 4.69) is 12.2 Å². The average Bonchev–Trinajstić information content (AvgIpc) is 3.08. The summed E-state index contributed by atoms with van der Waals surface area (Å²) in [6, 6.07) is 0. The molecular formula is C15H22N2OS. The standard InChI is InChI=1S/C15H22N2OS/c1-9(18)13-12(16)11(10-4-5-10)14(19-13)17-8-15(2)6-3-7-15/h10,17H,3-8,16H2,1-2H3. The van der Waals surface area contributed by atoms with Crippen LogP contribution in [0.4, 0.5) is 10.7 Å². The molecular weight excluding hydrogens is 256 g/mol. The van der Waals surface area contributed by atoms with Gasteiger partial charge in [-0.05, 0) is 37.0 Å². The van der Waals surface area contributed by atoms with Crippen molar-refractivity contribution in [1.29, 1.82) is 0 Å². The van der Waals surface area contributed by atoms with Crippen LogP contribution in [0.15, 0.2) is 0 Å². The van der Waals surface area contributed by atoms with Gasteiger partial charge < -0.3 is 11.1 Å². The van der Waals surface area contributed by atoms with E-state index in [-0.39, 0.29) is 5.78 Å². The van der Waals surface area contributed by atoms with Crippen LogP contribution in [-0.2, 0) is 0 Å². The largest absolute Gasteiger partial charge is 0.397 e. The molecule has 3 rings (SSSR count). The highest BCUT2D eigenvalue weighted by Gasteiger charge is 2.35. The molecule has 0 radical (unpaired) electrons. The third-order valence-corrected chi connectivity index (χ3v) is 5.81. The van der Waals surface area contributed by atoms with E-state index in [1.165, 1.54) is 37.7 Å². The summed E-state index contributed by atoms with van der Waals surface area (Å²) in [5.41, 5.74) is 8.58. The monoisotopic (exact) mass is 278 g/mol. The van der Waals surface area contributed by atoms with Crippen molar-refractivity contribution in [2.24, 2.45) is 5.41 Å². The third-order valence-electron chi connectivity index (χ3n) is 4.53. The number of carbonyl (C=O) groups is 1. The van der Waals surface area contributed by atoms with Crippen molar-refractivity contribution in [3.63, 3.8) is 0 Å². The predicted molar refractivity (Wildman–Crippen MR) is 81.2 cm³/mol. The minimum Gasteiger partial charge on any atom is -0.397 e. The van der Waals surface area contributed by atoms with E-state index < -0.39 is 0 Å². The second-order valence-electron chi connectivity index (χ2n) is 6.44. The Labute approximate surface area is 118 Å². The SMILES string of the molecule is CC(=O)c1sc(NCC2(C)CCC2)c(C2CC2)c1N. The lowest BCUT2D eigenvalue weighted by Crippen LogP contribution is -2.33. The van der Waals surface area contributed by atoms with Crippen molar-refractivity contribution >= 4 is 27.8 Å². The first-order valence-electron chi connectivity index (χ1n) is 7.17. The number of thiophene rings is 1. The van der Waals surface area contributed by atoms with Crippen molar-refractivity contribution in [3.05, 3.63) is 10.4 Å². The average molecular weight is 278 g/mol. The van der Waals surface area contributed by atoms with E-state index in [1.54, 1.807) is 18.3 Å². The zero-order valence-corrected chi connectivity index (χ0v) is 12.5. The molecule has 3 nitrogen and oxygen atoms in total. The molecule has 0 unspecified atom stereocenters. The van der Waals surface area contributed by atoms with Crippen LogP contribution in [0.2, 0.25) is 0 Å². The number of ketones is 1. The first-order valence-corrected chi connectivity index (χ1v) is 7.99. The highest BCUT2D eigenvalue weighted by Crippen LogP contribution is 2.51. The molecule has 4 heteroatoms. The Bertz CT molecular complexity index is 512. The zero-order chi connectivity index (χ0) is 13.6. The van der Waals surface area contributed by atoms with Crippen molar-refractivity contribution in [1.82, 2.24) is 0 Å². The molecule has 0 aromatic carbocycles. The molecule has 0 aliphatic heterocycles. The Balaban J connectivity index is 1.82. The van der Waals surface area contributed by atoms with Gasteiger partial charge in [-0.3, -0.25) is 4.79 Å². The van der Waals surface area contributed by atoms with Crippen molar-refractivity contribution in [2.75, 3.05) is 17.6 Å². The number of hydrogen-bond acceptors (Lipinski definition) is 4. The number of nitrogen functional groups attached to an aromatic ring is 1. The smallest absolute Gasteiger partial charge is 0.171 e. The van der Waals surface area contributed by atoms with Gasteiger partial charge in [-0.1, -0.05) is 13.3 Å². The van der Waals surface area contributed by atoms with Crippen LogP contribution in [0.25, 0.3) is 0 Å². The molecule has 0 amide bonds. The van der Waals surface area contributed by atoms with Crippen molar-refractivity contribution in [2.45, 2.75) is 51.9 Å². The maximum atomic E-state index is 11.6. The molecule has 104 valence electrons. The number of carbonyl (C=O) groups excluding carboxylic acids is 1. The molecule has 1 heterocycles. The molecule has 3 N–H and O–H groups in total. The summed E-state index contributed by atoms with van der Waals surface area (Å²) in [6.07, 6.45) is 6.38. The zero-order valence-electron chi connectivity index (χ0n) is 11.7. The van der Waals surface area contributed by atoms with Gasteiger partial charge in [0.1, 0.15) is 0 Å². The highest BCUT2D eigenvalue weighted by atomic mass is 32.1. The molecule has 1 aromatic heterocycles. The van der Waals surface area contributed by atoms with Crippen molar-refractivity contribution < 1.29 is 4.79 Å². The van der Waals surface area contributed by atoms with Crippen LogP contribution in [0.3, 0.4) is 0 Å². The van der Waals surface area contributed by atoms with Gasteiger partial charge in [-0.2, -0.15) is 0 Å². The lowest BCUT2D eigenvalue weighted by molar-refractivity contribution is 0.102. The number of nitrogens with one attached hydrogen (secondary N) is 1. The topological polar surface area (TPSA) is 55.1 Å². The second-order valence-corrected chi connectivity index (χ2v) is 7.46. The number of anilines is 2. The highest BCUT2D eigenvalue weighted by molar-refractivity contribution is 7.18. The Morgan fingerprint density at radius 3 is 2.63 bits per heavy atom. The van der Waals surface area contributed by atoms with Crippen LogP contribution >= 0.6 is 11.3 Å². The van der Waals surface area contributed by atoms with E-state index in [9.17, 15) is 4.79 Å². The molecule has 0 bridgehead atoms. The molecule has 19 heavy (non-hydrogen) atoms. The fourth-order valence-corrected chi connectivity index (χ4v) is 3.98. The molecule has 2 fully saturated rings. The van der Waals surface area contributed by atoms with Gasteiger partial charge >= 0.3 is 0 Å². The van der Waals surface area contributed by atoms with Crippen LogP contribution in [0.5, 0.6) is 0 Å². The number of nitrogens with two attached hydrogens (primary N) is 1. The van der Waals surface area contributed by atoms with E-state index in [1.807, 2.05) is 0 Å². The molecule has 2 aliphatic rings. The molecule has 0 spiro atoms. The molecule has 2 saturated carbocycles. The summed E-state index contributed by atoms with van der Waals surface area (Å²) in [6.45, 7) is 4.95. The minimum atomic E-state index is 0.0901. The normalized spacial score (nSPS) is 20.9. The van der Waals surface area contributed by atoms with Crippen LogP contribution in [0, 0.1) is 5.41 Å². The predicted octanol–water partition coefficient (Wildman–Crippen LogP) is 4.01. The third kappa shape index (κ3) is 2.38. The summed E-state index contributed by atoms with van der Waals surface area (Å²) >= 11 is 1.55. The van der Waals surface area contributed by atoms with E-state index >= 15 is 0 Å². The van der Waals surface area contributed by atoms with Gasteiger partial charge in [0.15, 0.2) is 5.78 Å². The molecule has 0 saturated heterocycles. The fraction of sp³-hybridized carbons (Fsp3) is 0.667. The summed E-state index contributed by atoms with van der Waals surface area (Å²) in [7, 11) is 0. The summed E-state index contributed by atoms with van der Waals surface area (Å²) < 4.78 is 0. The van der Waals surface area contributed by atoms with Crippen LogP contribution < -0.4 is 11.1 Å². The Morgan fingerprint density at radius 1 is 1.47 bits per heavy atom. The van der Waals surface area contributed by atoms with Gasteiger partial charge in [-0.25, -0.2) is 0 Å². The number of rotatable bonds is 5. The maximum Gasteiger partial charge on any atom is 0.171 e. The Kier molecular flexibility index (Phi) is 3.08. The van der Waals surface area contributed by atoms with E-state index in [0.717, 1.165) is 22.1 Å². The minimum absolute atomic E-state index is 0.0901. The first-order chi connectivity index (χ1) is 9.00. The van der Waals surface area contributed by atoms with E-state index in [0.29, 0.717) is 11.3 Å². The Hall–Kier alpha value is -1.03. The maximum absolute atomic E-state index is 11.6. The van der Waals surface area contributed by atoms with Gasteiger partial charge in [0, 0.05) is 19.0 Å². The van der Waals surface area contributed by atoms with Crippen molar-refractivity contribution in [3.8, 4) is 0 Å². The number of Topliss-reactive ketones (excluding diaryl/α,β-unsaturated/α-hetero) is 1. The van der Waals surface area contributed by atoms with Crippen LogP contribution in [0.1, 0.15) is 67.1 Å². The summed E-state index contributed by atoms with van der Waals surface area (Å²) in [5, 5.41) is 4.73. The lowest BCUT2D eigenvalue weighted by Gasteiger charge is -2.38.